The number of benzene rings is 1. The Kier molecular flexibility index (Phi) is 7.52. The highest BCUT2D eigenvalue weighted by molar-refractivity contribution is 7.89. The number of esters is 1. The molecule has 1 aliphatic heterocycles. The molecule has 0 saturated carbocycles. The van der Waals surface area contributed by atoms with E-state index in [0.717, 1.165) is 11.3 Å². The van der Waals surface area contributed by atoms with E-state index in [1.165, 1.54) is 23.5 Å². The van der Waals surface area contributed by atoms with Gasteiger partial charge in [-0.15, -0.1) is 0 Å². The van der Waals surface area contributed by atoms with Crippen LogP contribution >= 0.6 is 11.3 Å². The number of carbonyl (C=O) groups is 2. The van der Waals surface area contributed by atoms with Crippen LogP contribution < -0.4 is 9.54 Å². The monoisotopic (exact) mass is 481 g/mol. The molecule has 1 aromatic heterocycles. The SMILES string of the molecule is CCOC(=O)c1sc(=NC(=O)C2CCN(S(=O)(=O)c3ccc(OC)cc3)CC2)n(C)c1C. The summed E-state index contributed by atoms with van der Waals surface area (Å²) < 4.78 is 39.0. The van der Waals surface area contributed by atoms with Gasteiger partial charge in [0.2, 0.25) is 10.0 Å². The van der Waals surface area contributed by atoms with Crippen molar-refractivity contribution in [3.8, 4) is 5.75 Å². The van der Waals surface area contributed by atoms with Crippen molar-refractivity contribution < 1.29 is 27.5 Å². The van der Waals surface area contributed by atoms with E-state index in [0.29, 0.717) is 34.0 Å². The van der Waals surface area contributed by atoms with Crippen LogP contribution in [0.1, 0.15) is 35.1 Å². The number of piperidine rings is 1. The minimum atomic E-state index is -3.64. The average Bonchev–Trinajstić information content (AvgIpc) is 3.08. The van der Waals surface area contributed by atoms with Crippen molar-refractivity contribution in [2.24, 2.45) is 18.0 Å². The lowest BCUT2D eigenvalue weighted by Gasteiger charge is -2.29. The fourth-order valence-corrected chi connectivity index (χ4v) is 5.93. The molecule has 2 aromatic rings. The van der Waals surface area contributed by atoms with Gasteiger partial charge in [-0.05, 0) is 51.0 Å². The van der Waals surface area contributed by atoms with Crippen molar-refractivity contribution in [3.05, 3.63) is 39.6 Å². The van der Waals surface area contributed by atoms with Gasteiger partial charge in [-0.2, -0.15) is 9.30 Å². The Morgan fingerprint density at radius 3 is 2.38 bits per heavy atom. The van der Waals surface area contributed by atoms with Crippen LogP contribution in [-0.4, -0.2) is 56.0 Å². The topological polar surface area (TPSA) is 107 Å². The zero-order chi connectivity index (χ0) is 23.5. The Balaban J connectivity index is 1.70. The molecule has 174 valence electrons. The van der Waals surface area contributed by atoms with E-state index >= 15 is 0 Å². The molecule has 1 saturated heterocycles. The number of amides is 1. The Labute approximate surface area is 191 Å². The van der Waals surface area contributed by atoms with E-state index in [1.54, 1.807) is 37.6 Å². The Hall–Kier alpha value is -2.50. The maximum absolute atomic E-state index is 12.9. The minimum absolute atomic E-state index is 0.195. The second-order valence-electron chi connectivity index (χ2n) is 7.38. The average molecular weight is 482 g/mol. The van der Waals surface area contributed by atoms with E-state index in [9.17, 15) is 18.0 Å². The molecule has 0 unspecified atom stereocenters. The van der Waals surface area contributed by atoms with Crippen molar-refractivity contribution in [2.75, 3.05) is 26.8 Å². The van der Waals surface area contributed by atoms with Crippen molar-refractivity contribution >= 4 is 33.2 Å². The van der Waals surface area contributed by atoms with Gasteiger partial charge in [0.05, 0.1) is 18.6 Å². The summed E-state index contributed by atoms with van der Waals surface area (Å²) in [4.78, 5) is 30.1. The highest BCUT2D eigenvalue weighted by atomic mass is 32.2. The number of methoxy groups -OCH3 is 1. The summed E-state index contributed by atoms with van der Waals surface area (Å²) in [6.07, 6.45) is 0.771. The summed E-state index contributed by atoms with van der Waals surface area (Å²) in [6.45, 7) is 4.25. The number of carbonyl (C=O) groups excluding carboxylic acids is 2. The first-order valence-corrected chi connectivity index (χ1v) is 12.5. The molecule has 9 nitrogen and oxygen atoms in total. The first-order chi connectivity index (χ1) is 15.2. The van der Waals surface area contributed by atoms with Crippen molar-refractivity contribution in [1.29, 1.82) is 0 Å². The van der Waals surface area contributed by atoms with Crippen molar-refractivity contribution in [3.63, 3.8) is 0 Å². The van der Waals surface area contributed by atoms with Gasteiger partial charge in [0.15, 0.2) is 4.80 Å². The fraction of sp³-hybridized carbons (Fsp3) is 0.476. The van der Waals surface area contributed by atoms with Gasteiger partial charge < -0.3 is 14.0 Å². The van der Waals surface area contributed by atoms with E-state index in [4.69, 9.17) is 9.47 Å². The molecule has 0 N–H and O–H groups in total. The smallest absolute Gasteiger partial charge is 0.350 e. The number of rotatable bonds is 6. The summed E-state index contributed by atoms with van der Waals surface area (Å²) in [7, 11) is -0.377. The van der Waals surface area contributed by atoms with Gasteiger partial charge in [0, 0.05) is 31.7 Å². The van der Waals surface area contributed by atoms with Crippen LogP contribution in [0.4, 0.5) is 0 Å². The van der Waals surface area contributed by atoms with E-state index in [2.05, 4.69) is 4.99 Å². The van der Waals surface area contributed by atoms with E-state index in [1.807, 2.05) is 0 Å². The molecule has 0 spiro atoms. The number of nitrogens with zero attached hydrogens (tertiary/aromatic N) is 3. The maximum atomic E-state index is 12.9. The molecule has 1 aliphatic rings. The van der Waals surface area contributed by atoms with Crippen LogP contribution in [0.5, 0.6) is 5.75 Å². The number of thiazole rings is 1. The molecule has 0 atom stereocenters. The van der Waals surface area contributed by atoms with Crippen LogP contribution in [0.15, 0.2) is 34.2 Å². The molecule has 3 rings (SSSR count). The predicted molar refractivity (Wildman–Crippen MR) is 119 cm³/mol. The summed E-state index contributed by atoms with van der Waals surface area (Å²) in [5, 5.41) is 0. The zero-order valence-electron chi connectivity index (χ0n) is 18.5. The van der Waals surface area contributed by atoms with Crippen LogP contribution in [0.3, 0.4) is 0 Å². The standard InChI is InChI=1S/C21H27N3O6S2/c1-5-30-20(26)18-14(2)23(3)21(31-18)22-19(25)15-10-12-24(13-11-15)32(27,28)17-8-6-16(29-4)7-9-17/h6-9,15H,5,10-13H2,1-4H3. The predicted octanol–water partition coefficient (Wildman–Crippen LogP) is 2.11. The van der Waals surface area contributed by atoms with Gasteiger partial charge in [-0.3, -0.25) is 4.79 Å². The largest absolute Gasteiger partial charge is 0.497 e. The Morgan fingerprint density at radius 2 is 1.81 bits per heavy atom. The zero-order valence-corrected chi connectivity index (χ0v) is 20.2. The number of aromatic nitrogens is 1. The minimum Gasteiger partial charge on any atom is -0.497 e. The van der Waals surface area contributed by atoms with Crippen LogP contribution in [0.2, 0.25) is 0 Å². The number of sulfonamides is 1. The second kappa shape index (κ2) is 9.97. The molecule has 0 bridgehead atoms. The Bertz CT molecular complexity index is 1160. The van der Waals surface area contributed by atoms with Gasteiger partial charge in [0.25, 0.3) is 5.91 Å². The lowest BCUT2D eigenvalue weighted by Crippen LogP contribution is -2.40. The summed E-state index contributed by atoms with van der Waals surface area (Å²) in [6, 6.07) is 6.24. The van der Waals surface area contributed by atoms with E-state index < -0.39 is 16.0 Å². The van der Waals surface area contributed by atoms with Gasteiger partial charge in [-0.1, -0.05) is 11.3 Å². The van der Waals surface area contributed by atoms with Gasteiger partial charge >= 0.3 is 5.97 Å². The third kappa shape index (κ3) is 4.94. The summed E-state index contributed by atoms with van der Waals surface area (Å²) in [5.41, 5.74) is 0.681. The third-order valence-electron chi connectivity index (χ3n) is 5.48. The molecule has 0 radical (unpaired) electrons. The number of hydrogen-bond donors (Lipinski definition) is 0. The molecular formula is C21H27N3O6S2. The molecule has 1 fully saturated rings. The third-order valence-corrected chi connectivity index (χ3v) is 8.61. The molecule has 32 heavy (non-hydrogen) atoms. The van der Waals surface area contributed by atoms with Crippen molar-refractivity contribution in [1.82, 2.24) is 8.87 Å². The van der Waals surface area contributed by atoms with Gasteiger partial charge in [0.1, 0.15) is 10.6 Å². The summed E-state index contributed by atoms with van der Waals surface area (Å²) >= 11 is 1.12. The van der Waals surface area contributed by atoms with Crippen LogP contribution in [0.25, 0.3) is 0 Å². The first-order valence-electron chi connectivity index (χ1n) is 10.2. The normalized spacial score (nSPS) is 16.2. The number of ether oxygens (including phenoxy) is 2. The molecule has 11 heteroatoms. The van der Waals surface area contributed by atoms with Gasteiger partial charge in [-0.25, -0.2) is 13.2 Å². The van der Waals surface area contributed by atoms with Crippen LogP contribution in [0, 0.1) is 12.8 Å². The molecular weight excluding hydrogens is 454 g/mol. The molecule has 0 aliphatic carbocycles. The lowest BCUT2D eigenvalue weighted by molar-refractivity contribution is -0.122. The maximum Gasteiger partial charge on any atom is 0.350 e. The second-order valence-corrected chi connectivity index (χ2v) is 10.3. The Morgan fingerprint density at radius 1 is 1.19 bits per heavy atom. The molecule has 1 amide bonds. The fourth-order valence-electron chi connectivity index (χ4n) is 3.44. The van der Waals surface area contributed by atoms with Crippen LogP contribution in [-0.2, 0) is 26.6 Å². The van der Waals surface area contributed by atoms with E-state index in [-0.39, 0.29) is 36.4 Å². The highest BCUT2D eigenvalue weighted by Crippen LogP contribution is 2.26. The first kappa shape index (κ1) is 24.1. The molecule has 2 heterocycles. The highest BCUT2D eigenvalue weighted by Gasteiger charge is 2.32. The lowest BCUT2D eigenvalue weighted by atomic mass is 9.98. The summed E-state index contributed by atoms with van der Waals surface area (Å²) in [5.74, 6) is -0.529. The quantitative estimate of drug-likeness (QED) is 0.585. The molecule has 1 aromatic carbocycles. The van der Waals surface area contributed by atoms with Crippen molar-refractivity contribution in [2.45, 2.75) is 31.6 Å². The number of hydrogen-bond acceptors (Lipinski definition) is 7.